The molecule has 33 heteroatoms. The highest BCUT2D eigenvalue weighted by atomic mass is 16.5. The van der Waals surface area contributed by atoms with Crippen molar-refractivity contribution >= 4 is 93.3 Å². The second-order valence-electron chi connectivity index (χ2n) is 30.0. The maximum absolute atomic E-state index is 12.9. The van der Waals surface area contributed by atoms with Gasteiger partial charge in [-0.25, -0.2) is 4.79 Å². The first-order valence-corrected chi connectivity index (χ1v) is 42.0. The van der Waals surface area contributed by atoms with Crippen LogP contribution < -0.4 is 42.1 Å². The first kappa shape index (κ1) is 98.0. The van der Waals surface area contributed by atoms with Crippen LogP contribution in [0.25, 0.3) is 44.5 Å². The number of benzene rings is 11. The molecule has 15 rings (SSSR count). The molecule has 0 bridgehead atoms. The van der Waals surface area contributed by atoms with Crippen molar-refractivity contribution in [2.45, 2.75) is 27.0 Å². The minimum absolute atomic E-state index is 0.0347. The standard InChI is InChI=1S/C29H23N3O5.C28H21N3O6.C27H19N3O5.C22H17N3O5/c1-19(33)32(18-20-6-3-2-4-7-20)24-9-5-8-21(15-24)25-12-13-37-28(25)27(35)17-31-29(36)22-10-11-26(34)23(14-22)16-30;29-15-21-13-20(9-10-24(21)32)27(34)30-16-25(33)26-23(11-12-36-26)19-7-4-8-22(14-19)31-28(35)37-17-18-5-2-1-3-6-18;28-15-20-13-19(9-10-23(20)31)26(33)29-16-24(32)25-22(11-12-35-25)18-7-4-8-21(14-18)30-27(34)17-5-2-1-3-6-17;1-13(26)25-17-4-2-3-14(10-17)18-7-8-30-21(18)20(28)12-24-22(29)15-5-6-19(27)16(9-15)11-23/h2-15,34H,17-18H2,1H3,(H,31,36);1-14,32H,16-17H2,(H,30,34)(H,31,35);1-14,31H,16H2,(H,29,33)(H,30,34);2-10,27H,12H2,1H3,(H,24,29)(H,25,26). The number of aromatic hydroxyl groups is 4. The van der Waals surface area contributed by atoms with Crippen LogP contribution >= 0.6 is 0 Å². The molecule has 0 saturated carbocycles. The Morgan fingerprint density at radius 2 is 0.626 bits per heavy atom. The zero-order chi connectivity index (χ0) is 99.0. The average molecular weight is 1860 g/mol. The average Bonchev–Trinajstić information content (AvgIpc) is 1.74. The number of furan rings is 4. The van der Waals surface area contributed by atoms with Crippen molar-refractivity contribution in [2.24, 2.45) is 0 Å². The van der Waals surface area contributed by atoms with Crippen molar-refractivity contribution in [3.05, 3.63) is 394 Å². The number of phenolic OH excluding ortho intramolecular Hbond substituents is 4. The van der Waals surface area contributed by atoms with Crippen LogP contribution in [-0.2, 0) is 27.5 Å². The highest BCUT2D eigenvalue weighted by Crippen LogP contribution is 2.35. The van der Waals surface area contributed by atoms with Gasteiger partial charge in [0.05, 0.1) is 80.0 Å². The summed E-state index contributed by atoms with van der Waals surface area (Å²) in [6.07, 6.45) is 4.87. The lowest BCUT2D eigenvalue weighted by atomic mass is 10.0. The number of phenols is 4. The topological polar surface area (TPSA) is 530 Å². The van der Waals surface area contributed by atoms with Gasteiger partial charge in [0.2, 0.25) is 34.9 Å². The minimum atomic E-state index is -0.624. The Hall–Kier alpha value is -20.1. The summed E-state index contributed by atoms with van der Waals surface area (Å²) >= 11 is 0. The number of nitrogens with one attached hydrogen (secondary N) is 7. The minimum Gasteiger partial charge on any atom is -0.507 e. The van der Waals surface area contributed by atoms with E-state index in [2.05, 4.69) is 37.2 Å². The molecule has 15 aromatic rings. The lowest BCUT2D eigenvalue weighted by Crippen LogP contribution is -2.29. The van der Waals surface area contributed by atoms with E-state index >= 15 is 0 Å². The molecular weight excluding hydrogens is 1780 g/mol. The lowest BCUT2D eigenvalue weighted by Gasteiger charge is -2.22. The Bertz CT molecular complexity index is 7330. The third-order valence-corrected chi connectivity index (χ3v) is 20.5. The van der Waals surface area contributed by atoms with Gasteiger partial charge < -0.3 is 79.6 Å². The second-order valence-corrected chi connectivity index (χ2v) is 30.0. The number of Topliss-reactive ketones (excluding diaryl/α,β-unsaturated/α-hetero) is 4. The summed E-state index contributed by atoms with van der Waals surface area (Å²) < 4.78 is 26.8. The zero-order valence-electron chi connectivity index (χ0n) is 73.7. The fourth-order valence-corrected chi connectivity index (χ4v) is 13.6. The van der Waals surface area contributed by atoms with Crippen molar-refractivity contribution in [3.8, 4) is 91.8 Å². The Labute approximate surface area is 792 Å². The number of carbonyl (C=O) groups excluding carboxylic acids is 12. The maximum atomic E-state index is 12.9. The molecule has 11 N–H and O–H groups in total. The summed E-state index contributed by atoms with van der Waals surface area (Å²) in [5.41, 5.74) is 9.62. The second kappa shape index (κ2) is 47.2. The molecule has 4 heterocycles. The van der Waals surface area contributed by atoms with Gasteiger partial charge in [-0.3, -0.25) is 58.1 Å². The molecule has 690 valence electrons. The molecule has 0 aliphatic rings. The Balaban J connectivity index is 0.000000167. The summed E-state index contributed by atoms with van der Waals surface area (Å²) in [5.74, 6) is -5.45. The van der Waals surface area contributed by atoms with Gasteiger partial charge >= 0.3 is 6.09 Å². The largest absolute Gasteiger partial charge is 0.507 e. The number of hydrogen-bond acceptors (Lipinski definition) is 25. The SMILES string of the molecule is CC(=O)N(Cc1ccccc1)c1cccc(-c2ccoc2C(=O)CNC(=O)c2ccc(O)c(C#N)c2)c1.CC(=O)Nc1cccc(-c2ccoc2C(=O)CNC(=O)c2ccc(O)c(C#N)c2)c1.N#Cc1cc(C(=O)NCC(=O)c2occc2-c2cccc(NC(=O)OCc3ccccc3)c2)ccc1O.N#Cc1cc(C(=O)NCC(=O)c2occc2-c2cccc(NC(=O)c3ccccc3)c2)ccc1O. The van der Waals surface area contributed by atoms with E-state index in [1.807, 2.05) is 84.9 Å². The third kappa shape index (κ3) is 26.4. The molecular formula is C106H80N12O21. The first-order valence-electron chi connectivity index (χ1n) is 42.0. The Morgan fingerprint density at radius 1 is 0.317 bits per heavy atom. The number of ketones is 4. The number of carbonyl (C=O) groups is 12. The van der Waals surface area contributed by atoms with E-state index < -0.39 is 52.9 Å². The van der Waals surface area contributed by atoms with Gasteiger partial charge in [-0.15, -0.1) is 0 Å². The van der Waals surface area contributed by atoms with E-state index in [0.717, 1.165) is 11.1 Å². The molecule has 0 radical (unpaired) electrons. The van der Waals surface area contributed by atoms with Crippen LogP contribution in [0.5, 0.6) is 23.0 Å². The van der Waals surface area contributed by atoms with Crippen LogP contribution in [-0.4, -0.2) is 117 Å². The van der Waals surface area contributed by atoms with E-state index in [-0.39, 0.29) is 141 Å². The fraction of sp³-hybridized carbons (Fsp3) is 0.0755. The molecule has 139 heavy (non-hydrogen) atoms. The van der Waals surface area contributed by atoms with E-state index in [1.165, 1.54) is 112 Å². The molecule has 0 spiro atoms. The van der Waals surface area contributed by atoms with Gasteiger partial charge in [-0.05, 0) is 191 Å². The maximum Gasteiger partial charge on any atom is 0.411 e. The van der Waals surface area contributed by atoms with Crippen molar-refractivity contribution in [1.29, 1.82) is 21.0 Å². The van der Waals surface area contributed by atoms with Gasteiger partial charge in [0, 0.05) is 86.7 Å². The monoisotopic (exact) mass is 1860 g/mol. The number of nitrogens with zero attached hydrogens (tertiary/aromatic N) is 5. The summed E-state index contributed by atoms with van der Waals surface area (Å²) in [6.45, 7) is 2.06. The molecule has 0 unspecified atom stereocenters. The summed E-state index contributed by atoms with van der Waals surface area (Å²) in [7, 11) is 0. The van der Waals surface area contributed by atoms with Gasteiger partial charge in [-0.2, -0.15) is 21.0 Å². The number of hydrogen-bond donors (Lipinski definition) is 11. The molecule has 33 nitrogen and oxygen atoms in total. The molecule has 11 aromatic carbocycles. The van der Waals surface area contributed by atoms with Gasteiger partial charge in [0.15, 0.2) is 23.0 Å². The van der Waals surface area contributed by atoms with Crippen LogP contribution in [0.15, 0.2) is 328 Å². The van der Waals surface area contributed by atoms with Crippen molar-refractivity contribution in [3.63, 3.8) is 0 Å². The zero-order valence-corrected chi connectivity index (χ0v) is 73.7. The highest BCUT2D eigenvalue weighted by molar-refractivity contribution is 6.09. The summed E-state index contributed by atoms with van der Waals surface area (Å²) in [4.78, 5) is 151. The van der Waals surface area contributed by atoms with Crippen LogP contribution in [0.4, 0.5) is 27.5 Å². The fourth-order valence-electron chi connectivity index (χ4n) is 13.6. The number of amides is 8. The smallest absolute Gasteiger partial charge is 0.411 e. The number of ether oxygens (including phenoxy) is 1. The van der Waals surface area contributed by atoms with Gasteiger partial charge in [0.25, 0.3) is 29.5 Å². The third-order valence-electron chi connectivity index (χ3n) is 20.5. The number of rotatable bonds is 29. The summed E-state index contributed by atoms with van der Waals surface area (Å²) in [6, 6.07) is 84.7. The predicted octanol–water partition coefficient (Wildman–Crippen LogP) is 17.1. The van der Waals surface area contributed by atoms with Crippen LogP contribution in [0, 0.1) is 45.3 Å². The van der Waals surface area contributed by atoms with Crippen LogP contribution in [0.2, 0.25) is 0 Å². The molecule has 4 aromatic heterocycles. The predicted molar refractivity (Wildman–Crippen MR) is 507 cm³/mol. The van der Waals surface area contributed by atoms with E-state index in [0.29, 0.717) is 79.4 Å². The van der Waals surface area contributed by atoms with Crippen LogP contribution in [0.1, 0.15) is 141 Å². The molecule has 0 saturated heterocycles. The highest BCUT2D eigenvalue weighted by Gasteiger charge is 2.26. The van der Waals surface area contributed by atoms with E-state index in [9.17, 15) is 78.0 Å². The van der Waals surface area contributed by atoms with Crippen molar-refractivity contribution in [2.75, 3.05) is 47.0 Å². The summed E-state index contributed by atoms with van der Waals surface area (Å²) in [5, 5.41) is 92.4. The number of nitriles is 4. The molecule has 0 aliphatic carbocycles. The molecule has 0 fully saturated rings. The first-order chi connectivity index (χ1) is 67.1. The molecule has 8 amide bonds. The van der Waals surface area contributed by atoms with Gasteiger partial charge in [0.1, 0.15) is 53.9 Å². The van der Waals surface area contributed by atoms with E-state index in [4.69, 9.17) is 43.5 Å². The normalized spacial score (nSPS) is 10.3. The molecule has 0 atom stereocenters. The lowest BCUT2D eigenvalue weighted by molar-refractivity contribution is -0.117. The molecule has 0 aliphatic heterocycles. The Kier molecular flexibility index (Phi) is 33.2. The quantitative estimate of drug-likeness (QED) is 0.0194. The van der Waals surface area contributed by atoms with Gasteiger partial charge in [-0.1, -0.05) is 127 Å². The Morgan fingerprint density at radius 3 is 0.957 bits per heavy atom. The van der Waals surface area contributed by atoms with E-state index in [1.54, 1.807) is 157 Å². The van der Waals surface area contributed by atoms with Crippen molar-refractivity contribution in [1.82, 2.24) is 21.3 Å². The number of anilines is 4. The van der Waals surface area contributed by atoms with Crippen molar-refractivity contribution < 1.29 is 100 Å². The van der Waals surface area contributed by atoms with Crippen LogP contribution in [0.3, 0.4) is 0 Å².